The van der Waals surface area contributed by atoms with Gasteiger partial charge in [0, 0.05) is 13.1 Å². The lowest BCUT2D eigenvalue weighted by Gasteiger charge is -2.31. The van der Waals surface area contributed by atoms with Gasteiger partial charge >= 0.3 is 0 Å². The van der Waals surface area contributed by atoms with Crippen LogP contribution in [0, 0.1) is 0 Å². The number of benzene rings is 1. The van der Waals surface area contributed by atoms with E-state index in [-0.39, 0.29) is 5.75 Å². The van der Waals surface area contributed by atoms with Crippen LogP contribution in [-0.4, -0.2) is 39.9 Å². The predicted molar refractivity (Wildman–Crippen MR) is 102 cm³/mol. The van der Waals surface area contributed by atoms with Gasteiger partial charge in [-0.3, -0.25) is 4.72 Å². The Morgan fingerprint density at radius 3 is 2.42 bits per heavy atom. The van der Waals surface area contributed by atoms with Crippen LogP contribution in [0.4, 0.5) is 11.5 Å². The van der Waals surface area contributed by atoms with E-state index in [0.29, 0.717) is 5.82 Å². The van der Waals surface area contributed by atoms with Crippen molar-refractivity contribution in [3.05, 3.63) is 41.6 Å². The maximum absolute atomic E-state index is 11.6. The number of ether oxygens (including phenoxy) is 2. The van der Waals surface area contributed by atoms with Crippen molar-refractivity contribution in [3.8, 4) is 11.5 Å². The molecule has 140 valence electrons. The van der Waals surface area contributed by atoms with Gasteiger partial charge in [0.1, 0.15) is 5.82 Å². The summed E-state index contributed by atoms with van der Waals surface area (Å²) >= 11 is 0. The molecule has 7 nitrogen and oxygen atoms in total. The zero-order chi connectivity index (χ0) is 18.7. The highest BCUT2D eigenvalue weighted by molar-refractivity contribution is 7.92. The Morgan fingerprint density at radius 1 is 1.15 bits per heavy atom. The van der Waals surface area contributed by atoms with Crippen molar-refractivity contribution >= 4 is 21.5 Å². The molecule has 1 aliphatic heterocycles. The highest BCUT2D eigenvalue weighted by Crippen LogP contribution is 2.34. The van der Waals surface area contributed by atoms with Crippen molar-refractivity contribution in [1.29, 1.82) is 0 Å². The summed E-state index contributed by atoms with van der Waals surface area (Å²) in [5.74, 6) is 1.81. The Hall–Kier alpha value is -2.48. The van der Waals surface area contributed by atoms with Gasteiger partial charge in [0.25, 0.3) is 0 Å². The van der Waals surface area contributed by atoms with Crippen LogP contribution in [-0.2, 0) is 23.0 Å². The molecule has 1 aromatic carbocycles. The Bertz CT molecular complexity index is 882. The van der Waals surface area contributed by atoms with E-state index in [2.05, 4.69) is 14.6 Å². The maximum Gasteiger partial charge on any atom is 0.233 e. The van der Waals surface area contributed by atoms with E-state index in [1.54, 1.807) is 33.4 Å². The largest absolute Gasteiger partial charge is 0.493 e. The van der Waals surface area contributed by atoms with Gasteiger partial charge in [-0.25, -0.2) is 13.4 Å². The molecule has 0 aliphatic carbocycles. The number of pyridine rings is 1. The lowest BCUT2D eigenvalue weighted by atomic mass is 9.98. The summed E-state index contributed by atoms with van der Waals surface area (Å²) in [5, 5.41) is 0. The molecule has 26 heavy (non-hydrogen) atoms. The number of methoxy groups -OCH3 is 2. The summed E-state index contributed by atoms with van der Waals surface area (Å²) in [5.41, 5.74) is 3.38. The first-order valence-corrected chi connectivity index (χ1v) is 10.1. The monoisotopic (exact) mass is 377 g/mol. The van der Waals surface area contributed by atoms with Crippen LogP contribution in [0.1, 0.15) is 18.1 Å². The Morgan fingerprint density at radius 2 is 1.85 bits per heavy atom. The van der Waals surface area contributed by atoms with Crippen LogP contribution >= 0.6 is 0 Å². The molecule has 0 fully saturated rings. The van der Waals surface area contributed by atoms with Gasteiger partial charge in [-0.2, -0.15) is 0 Å². The predicted octanol–water partition coefficient (Wildman–Crippen LogP) is 2.42. The van der Waals surface area contributed by atoms with E-state index in [0.717, 1.165) is 36.7 Å². The molecule has 0 saturated carbocycles. The summed E-state index contributed by atoms with van der Waals surface area (Å²) in [4.78, 5) is 6.44. The lowest BCUT2D eigenvalue weighted by molar-refractivity contribution is 0.353. The number of aromatic nitrogens is 1. The van der Waals surface area contributed by atoms with Gasteiger partial charge in [-0.05, 0) is 48.7 Å². The molecule has 0 saturated heterocycles. The highest BCUT2D eigenvalue weighted by Gasteiger charge is 2.20. The van der Waals surface area contributed by atoms with E-state index >= 15 is 0 Å². The number of sulfonamides is 1. The van der Waals surface area contributed by atoms with E-state index in [1.165, 1.54) is 11.1 Å². The van der Waals surface area contributed by atoms with Gasteiger partial charge < -0.3 is 14.4 Å². The van der Waals surface area contributed by atoms with Gasteiger partial charge in [0.2, 0.25) is 10.0 Å². The van der Waals surface area contributed by atoms with Gasteiger partial charge in [-0.15, -0.1) is 0 Å². The molecule has 0 amide bonds. The Kier molecular flexibility index (Phi) is 5.22. The normalized spacial score (nSPS) is 13.9. The lowest BCUT2D eigenvalue weighted by Crippen LogP contribution is -2.30. The molecule has 2 heterocycles. The number of anilines is 2. The van der Waals surface area contributed by atoms with Crippen LogP contribution in [0.2, 0.25) is 0 Å². The van der Waals surface area contributed by atoms with Crippen LogP contribution < -0.4 is 19.1 Å². The second kappa shape index (κ2) is 7.41. The van der Waals surface area contributed by atoms with Gasteiger partial charge in [-0.1, -0.05) is 0 Å². The van der Waals surface area contributed by atoms with Crippen LogP contribution in [0.25, 0.3) is 0 Å². The van der Waals surface area contributed by atoms with Gasteiger partial charge in [0.05, 0.1) is 31.9 Å². The third-order valence-corrected chi connectivity index (χ3v) is 5.75. The molecular weight excluding hydrogens is 354 g/mol. The van der Waals surface area contributed by atoms with Crippen molar-refractivity contribution in [2.45, 2.75) is 19.9 Å². The second-order valence-electron chi connectivity index (χ2n) is 6.05. The fourth-order valence-corrected chi connectivity index (χ4v) is 3.55. The summed E-state index contributed by atoms with van der Waals surface area (Å²) in [6.07, 6.45) is 2.58. The average molecular weight is 377 g/mol. The fourth-order valence-electron chi connectivity index (χ4n) is 2.97. The maximum atomic E-state index is 11.6. The summed E-state index contributed by atoms with van der Waals surface area (Å²) in [6.45, 7) is 3.17. The van der Waals surface area contributed by atoms with Crippen molar-refractivity contribution in [2.75, 3.05) is 36.1 Å². The molecule has 1 aliphatic rings. The Labute approximate surface area is 154 Å². The number of fused-ring (bicyclic) bond motifs is 1. The van der Waals surface area contributed by atoms with E-state index in [4.69, 9.17) is 9.47 Å². The molecular formula is C18H23N3O4S. The number of hydrogen-bond donors (Lipinski definition) is 1. The second-order valence-corrected chi connectivity index (χ2v) is 8.07. The summed E-state index contributed by atoms with van der Waals surface area (Å²) < 4.78 is 36.5. The first-order chi connectivity index (χ1) is 12.5. The molecule has 0 spiro atoms. The SMILES string of the molecule is CCS(=O)(=O)Nc1ccc(N2CCc3cc(OC)c(OC)cc3C2)cn1. The first kappa shape index (κ1) is 18.3. The molecule has 3 rings (SSSR count). The van der Waals surface area contributed by atoms with E-state index < -0.39 is 10.0 Å². The van der Waals surface area contributed by atoms with Crippen molar-refractivity contribution in [1.82, 2.24) is 4.98 Å². The number of nitrogens with one attached hydrogen (secondary N) is 1. The quantitative estimate of drug-likeness (QED) is 0.833. The standard InChI is InChI=1S/C18H23N3O4S/c1-4-26(22,23)20-18-6-5-15(11-19-18)21-8-7-13-9-16(24-2)17(25-3)10-14(13)12-21/h5-6,9-11H,4,7-8,12H2,1-3H3,(H,19,20). The van der Waals surface area contributed by atoms with Crippen molar-refractivity contribution in [3.63, 3.8) is 0 Å². The van der Waals surface area contributed by atoms with Crippen molar-refractivity contribution < 1.29 is 17.9 Å². The number of nitrogens with zero attached hydrogens (tertiary/aromatic N) is 2. The third-order valence-electron chi connectivity index (χ3n) is 4.47. The zero-order valence-electron chi connectivity index (χ0n) is 15.2. The molecule has 0 radical (unpaired) electrons. The molecule has 1 aromatic heterocycles. The molecule has 2 aromatic rings. The average Bonchev–Trinajstić information content (AvgIpc) is 2.66. The smallest absolute Gasteiger partial charge is 0.233 e. The number of hydrogen-bond acceptors (Lipinski definition) is 6. The molecule has 0 atom stereocenters. The molecule has 0 bridgehead atoms. The van der Waals surface area contributed by atoms with Crippen molar-refractivity contribution in [2.24, 2.45) is 0 Å². The van der Waals surface area contributed by atoms with Crippen LogP contribution in [0.3, 0.4) is 0 Å². The van der Waals surface area contributed by atoms with E-state index in [9.17, 15) is 8.42 Å². The molecule has 1 N–H and O–H groups in total. The summed E-state index contributed by atoms with van der Waals surface area (Å²) in [6, 6.07) is 7.61. The molecule has 8 heteroatoms. The summed E-state index contributed by atoms with van der Waals surface area (Å²) in [7, 11) is -0.0484. The third kappa shape index (κ3) is 3.85. The minimum atomic E-state index is -3.32. The first-order valence-electron chi connectivity index (χ1n) is 8.41. The van der Waals surface area contributed by atoms with Gasteiger partial charge in [0.15, 0.2) is 11.5 Å². The Balaban J connectivity index is 1.78. The minimum Gasteiger partial charge on any atom is -0.493 e. The van der Waals surface area contributed by atoms with Crippen LogP contribution in [0.5, 0.6) is 11.5 Å². The molecule has 0 unspecified atom stereocenters. The van der Waals surface area contributed by atoms with Crippen LogP contribution in [0.15, 0.2) is 30.5 Å². The topological polar surface area (TPSA) is 80.8 Å². The minimum absolute atomic E-state index is 0.0185. The zero-order valence-corrected chi connectivity index (χ0v) is 16.0. The fraction of sp³-hybridized carbons (Fsp3) is 0.389. The number of rotatable bonds is 6. The highest BCUT2D eigenvalue weighted by atomic mass is 32.2. The van der Waals surface area contributed by atoms with E-state index in [1.807, 2.05) is 18.2 Å².